The first kappa shape index (κ1) is 28.0. The summed E-state index contributed by atoms with van der Waals surface area (Å²) in [5.41, 5.74) is 11.6. The molecule has 0 saturated carbocycles. The van der Waals surface area contributed by atoms with E-state index in [4.69, 9.17) is 19.9 Å². The van der Waals surface area contributed by atoms with Gasteiger partial charge in [-0.3, -0.25) is 4.90 Å². The maximum absolute atomic E-state index is 6.10. The Bertz CT molecular complexity index is 1510. The first-order valence-electron chi connectivity index (χ1n) is 13.8. The number of nitrogens with two attached hydrogens (primary N) is 1. The van der Waals surface area contributed by atoms with Crippen molar-refractivity contribution in [3.63, 3.8) is 0 Å². The van der Waals surface area contributed by atoms with Gasteiger partial charge >= 0.3 is 0 Å². The van der Waals surface area contributed by atoms with Crippen molar-refractivity contribution >= 4 is 0 Å². The Labute approximate surface area is 242 Å². The minimum Gasteiger partial charge on any atom is -0.493 e. The Morgan fingerprint density at radius 2 is 1.12 bits per heavy atom. The average Bonchev–Trinajstić information content (AvgIpc) is 3.02. The van der Waals surface area contributed by atoms with Gasteiger partial charge in [-0.25, -0.2) is 0 Å². The zero-order valence-electron chi connectivity index (χ0n) is 23.4. The lowest BCUT2D eigenvalue weighted by atomic mass is 10.1. The van der Waals surface area contributed by atoms with Gasteiger partial charge in [-0.2, -0.15) is 0 Å². The van der Waals surface area contributed by atoms with Crippen LogP contribution in [0.25, 0.3) is 0 Å². The van der Waals surface area contributed by atoms with Gasteiger partial charge in [-0.05, 0) is 64.2 Å². The highest BCUT2D eigenvalue weighted by Gasteiger charge is 2.13. The van der Waals surface area contributed by atoms with Crippen LogP contribution >= 0.6 is 0 Å². The van der Waals surface area contributed by atoms with Gasteiger partial charge < -0.3 is 19.9 Å². The fraction of sp³-hybridized carbons (Fsp3) is 0.167. The Morgan fingerprint density at radius 3 is 1.83 bits per heavy atom. The quantitative estimate of drug-likeness (QED) is 0.164. The number of benzene rings is 5. The second-order valence-corrected chi connectivity index (χ2v) is 9.99. The topological polar surface area (TPSA) is 57.0 Å². The molecule has 0 atom stereocenters. The summed E-state index contributed by atoms with van der Waals surface area (Å²) >= 11 is 0. The number of nitrogens with zero attached hydrogens (tertiary/aromatic N) is 1. The summed E-state index contributed by atoms with van der Waals surface area (Å²) in [4.78, 5) is 2.42. The van der Waals surface area contributed by atoms with Gasteiger partial charge in [0.1, 0.15) is 18.1 Å². The first-order valence-corrected chi connectivity index (χ1v) is 13.8. The van der Waals surface area contributed by atoms with Crippen LogP contribution in [-0.2, 0) is 32.8 Å². The molecule has 5 nitrogen and oxygen atoms in total. The molecule has 0 heterocycles. The Hall–Kier alpha value is -4.58. The summed E-state index contributed by atoms with van der Waals surface area (Å²) in [6, 6.07) is 43.0. The lowest BCUT2D eigenvalue weighted by molar-refractivity contribution is 0.246. The van der Waals surface area contributed by atoms with Gasteiger partial charge in [-0.1, -0.05) is 91.0 Å². The molecule has 0 spiro atoms. The lowest BCUT2D eigenvalue weighted by Gasteiger charge is -2.24. The van der Waals surface area contributed by atoms with E-state index in [9.17, 15) is 0 Å². The second-order valence-electron chi connectivity index (χ2n) is 9.99. The predicted molar refractivity (Wildman–Crippen MR) is 164 cm³/mol. The lowest BCUT2D eigenvalue weighted by Crippen LogP contribution is -2.22. The summed E-state index contributed by atoms with van der Waals surface area (Å²) < 4.78 is 17.9. The largest absolute Gasteiger partial charge is 0.493 e. The summed E-state index contributed by atoms with van der Waals surface area (Å²) in [5.74, 6) is 3.10. The Morgan fingerprint density at radius 1 is 0.537 bits per heavy atom. The highest BCUT2D eigenvalue weighted by Crippen LogP contribution is 2.30. The molecule has 5 aromatic carbocycles. The molecular formula is C36H36N2O3. The third-order valence-electron chi connectivity index (χ3n) is 6.82. The van der Waals surface area contributed by atoms with E-state index in [-0.39, 0.29) is 0 Å². The molecule has 0 aliphatic carbocycles. The number of hydrogen-bond donors (Lipinski definition) is 1. The molecule has 41 heavy (non-hydrogen) atoms. The van der Waals surface area contributed by atoms with Crippen LogP contribution in [0.3, 0.4) is 0 Å². The van der Waals surface area contributed by atoms with Crippen molar-refractivity contribution in [3.05, 3.63) is 155 Å². The summed E-state index contributed by atoms with van der Waals surface area (Å²) in [6.07, 6.45) is 0. The minimum atomic E-state index is 0.489. The molecule has 0 unspecified atom stereocenters. The normalized spacial score (nSPS) is 10.9. The molecule has 0 aliphatic rings. The van der Waals surface area contributed by atoms with E-state index in [1.54, 1.807) is 7.11 Å². The maximum Gasteiger partial charge on any atom is 0.161 e. The molecular weight excluding hydrogens is 508 g/mol. The van der Waals surface area contributed by atoms with Crippen molar-refractivity contribution in [1.29, 1.82) is 0 Å². The van der Waals surface area contributed by atoms with Crippen LogP contribution in [0.1, 0.15) is 27.8 Å². The van der Waals surface area contributed by atoms with Crippen LogP contribution in [0.4, 0.5) is 0 Å². The molecule has 0 amide bonds. The van der Waals surface area contributed by atoms with Crippen LogP contribution in [-0.4, -0.2) is 12.0 Å². The zero-order valence-corrected chi connectivity index (χ0v) is 23.4. The van der Waals surface area contributed by atoms with E-state index in [1.165, 1.54) is 11.1 Å². The van der Waals surface area contributed by atoms with Crippen molar-refractivity contribution in [2.24, 2.45) is 5.73 Å². The van der Waals surface area contributed by atoms with Crippen LogP contribution < -0.4 is 19.9 Å². The average molecular weight is 545 g/mol. The third-order valence-corrected chi connectivity index (χ3v) is 6.82. The van der Waals surface area contributed by atoms with Crippen LogP contribution in [0.2, 0.25) is 0 Å². The molecule has 2 N–H and O–H groups in total. The molecule has 5 rings (SSSR count). The van der Waals surface area contributed by atoms with Gasteiger partial charge in [0.15, 0.2) is 11.5 Å². The van der Waals surface area contributed by atoms with Crippen molar-refractivity contribution in [3.8, 4) is 23.0 Å². The number of ether oxygens (including phenoxy) is 3. The molecule has 0 fully saturated rings. The summed E-state index contributed by atoms with van der Waals surface area (Å²) in [7, 11) is 1.68. The predicted octanol–water partition coefficient (Wildman–Crippen LogP) is 7.73. The highest BCUT2D eigenvalue weighted by atomic mass is 16.5. The van der Waals surface area contributed by atoms with E-state index in [1.807, 2.05) is 66.7 Å². The first-order chi connectivity index (χ1) is 20.2. The third kappa shape index (κ3) is 8.21. The molecule has 0 aliphatic heterocycles. The standard InChI is InChI=1S/C36H36N2O3/c1-39-36-22-32(19-20-35(36)40-27-30-9-4-2-5-10-30)26-38(24-29-17-15-28(23-37)16-18-29)25-31-11-8-14-34(21-31)41-33-12-6-3-7-13-33/h2-22H,23-27,37H2,1H3. The van der Waals surface area contributed by atoms with Gasteiger partial charge in [0.2, 0.25) is 0 Å². The van der Waals surface area contributed by atoms with E-state index in [0.29, 0.717) is 13.2 Å². The van der Waals surface area contributed by atoms with E-state index in [0.717, 1.165) is 59.3 Å². The van der Waals surface area contributed by atoms with Crippen LogP contribution in [0.15, 0.2) is 127 Å². The molecule has 0 radical (unpaired) electrons. The zero-order chi connectivity index (χ0) is 28.3. The number of methoxy groups -OCH3 is 1. The number of para-hydroxylation sites is 1. The van der Waals surface area contributed by atoms with Gasteiger partial charge in [-0.15, -0.1) is 0 Å². The van der Waals surface area contributed by atoms with E-state index in [2.05, 4.69) is 65.6 Å². The molecule has 0 bridgehead atoms. The van der Waals surface area contributed by atoms with E-state index < -0.39 is 0 Å². The molecule has 5 aromatic rings. The molecule has 208 valence electrons. The molecule has 5 heteroatoms. The molecule has 0 aromatic heterocycles. The number of hydrogen-bond acceptors (Lipinski definition) is 5. The summed E-state index contributed by atoms with van der Waals surface area (Å²) in [5, 5.41) is 0. The van der Waals surface area contributed by atoms with Crippen molar-refractivity contribution in [2.45, 2.75) is 32.8 Å². The maximum atomic E-state index is 6.10. The van der Waals surface area contributed by atoms with Crippen LogP contribution in [0, 0.1) is 0 Å². The van der Waals surface area contributed by atoms with Gasteiger partial charge in [0.25, 0.3) is 0 Å². The monoisotopic (exact) mass is 544 g/mol. The van der Waals surface area contributed by atoms with Crippen molar-refractivity contribution in [2.75, 3.05) is 7.11 Å². The van der Waals surface area contributed by atoms with E-state index >= 15 is 0 Å². The summed E-state index contributed by atoms with van der Waals surface area (Å²) in [6.45, 7) is 3.29. The second kappa shape index (κ2) is 14.2. The van der Waals surface area contributed by atoms with Gasteiger partial charge in [0, 0.05) is 26.2 Å². The molecule has 0 saturated heterocycles. The van der Waals surface area contributed by atoms with Gasteiger partial charge in [0.05, 0.1) is 7.11 Å². The fourth-order valence-corrected chi connectivity index (χ4v) is 4.72. The minimum absolute atomic E-state index is 0.489. The Balaban J connectivity index is 1.33. The smallest absolute Gasteiger partial charge is 0.161 e. The SMILES string of the molecule is COc1cc(CN(Cc2ccc(CN)cc2)Cc2cccc(Oc3ccccc3)c2)ccc1OCc1ccccc1. The van der Waals surface area contributed by atoms with Crippen LogP contribution in [0.5, 0.6) is 23.0 Å². The fourth-order valence-electron chi connectivity index (χ4n) is 4.72. The van der Waals surface area contributed by atoms with Crippen molar-refractivity contribution < 1.29 is 14.2 Å². The number of rotatable bonds is 13. The van der Waals surface area contributed by atoms with Crippen molar-refractivity contribution in [1.82, 2.24) is 4.90 Å². The Kier molecular flexibility index (Phi) is 9.67. The highest BCUT2D eigenvalue weighted by molar-refractivity contribution is 5.43.